The van der Waals surface area contributed by atoms with E-state index in [1.165, 1.54) is 0 Å². The minimum atomic E-state index is -3.30. The number of rotatable bonds is 4. The molecule has 1 aromatic rings. The number of sulfone groups is 1. The maximum absolute atomic E-state index is 12.1. The van der Waals surface area contributed by atoms with E-state index in [0.717, 1.165) is 17.5 Å². The van der Waals surface area contributed by atoms with Crippen LogP contribution in [0.2, 0.25) is 0 Å². The van der Waals surface area contributed by atoms with Crippen molar-refractivity contribution < 1.29 is 13.2 Å². The van der Waals surface area contributed by atoms with E-state index < -0.39 is 21.0 Å². The quantitative estimate of drug-likeness (QED) is 0.803. The summed E-state index contributed by atoms with van der Waals surface area (Å²) >= 11 is 4.90. The smallest absolute Gasteiger partial charge is 0.238 e. The second-order valence-electron chi connectivity index (χ2n) is 5.13. The number of thiocarbonyl (C=S) groups is 1. The molecule has 0 aliphatic carbocycles. The molecule has 1 fully saturated rings. The normalized spacial score (nSPS) is 20.7. The van der Waals surface area contributed by atoms with Crippen molar-refractivity contribution in [1.29, 1.82) is 0 Å². The maximum Gasteiger partial charge on any atom is 0.238 e. The molecule has 7 heteroatoms. The summed E-state index contributed by atoms with van der Waals surface area (Å²) in [6, 6.07) is 7.21. The Bertz CT molecular complexity index is 656. The van der Waals surface area contributed by atoms with E-state index in [9.17, 15) is 13.2 Å². The van der Waals surface area contributed by atoms with Gasteiger partial charge in [-0.1, -0.05) is 36.8 Å². The Labute approximate surface area is 129 Å². The highest BCUT2D eigenvalue weighted by Gasteiger charge is 2.34. The van der Waals surface area contributed by atoms with Gasteiger partial charge in [0.25, 0.3) is 0 Å². The Kier molecular flexibility index (Phi) is 4.95. The molecule has 1 unspecified atom stereocenters. The molecule has 1 aliphatic heterocycles. The standard InChI is InChI=1S/C14H18N2O3S2/c15-13(20)11-5-3-4-10(8-11)9-16-14(17)12-6-1-2-7-21(12,18)19/h3-5,8,12H,1-2,6-7,9H2,(H2,15,20)(H,16,17). The minimum Gasteiger partial charge on any atom is -0.389 e. The second kappa shape index (κ2) is 6.53. The fraction of sp³-hybridized carbons (Fsp3) is 0.429. The van der Waals surface area contributed by atoms with Gasteiger partial charge in [0.05, 0.1) is 5.75 Å². The molecule has 0 radical (unpaired) electrons. The number of carbonyl (C=O) groups excluding carboxylic acids is 1. The van der Waals surface area contributed by atoms with E-state index in [0.29, 0.717) is 12.8 Å². The van der Waals surface area contributed by atoms with Gasteiger partial charge in [-0.3, -0.25) is 4.79 Å². The third kappa shape index (κ3) is 4.01. The zero-order valence-electron chi connectivity index (χ0n) is 11.5. The van der Waals surface area contributed by atoms with Crippen LogP contribution in [0.25, 0.3) is 0 Å². The van der Waals surface area contributed by atoms with Crippen molar-refractivity contribution in [1.82, 2.24) is 5.32 Å². The van der Waals surface area contributed by atoms with E-state index in [-0.39, 0.29) is 17.3 Å². The first-order valence-electron chi connectivity index (χ1n) is 6.78. The Morgan fingerprint density at radius 1 is 1.38 bits per heavy atom. The molecule has 1 amide bonds. The number of hydrogen-bond donors (Lipinski definition) is 2. The molecule has 5 nitrogen and oxygen atoms in total. The van der Waals surface area contributed by atoms with Crippen LogP contribution in [-0.4, -0.2) is 30.3 Å². The van der Waals surface area contributed by atoms with Gasteiger partial charge in [0.1, 0.15) is 10.2 Å². The third-order valence-electron chi connectivity index (χ3n) is 3.55. The first-order chi connectivity index (χ1) is 9.90. The topological polar surface area (TPSA) is 89.3 Å². The van der Waals surface area contributed by atoms with Gasteiger partial charge < -0.3 is 11.1 Å². The summed E-state index contributed by atoms with van der Waals surface area (Å²) in [5.74, 6) is -0.322. The van der Waals surface area contributed by atoms with Crippen LogP contribution in [0, 0.1) is 0 Å². The summed E-state index contributed by atoms with van der Waals surface area (Å²) in [4.78, 5) is 12.4. The highest BCUT2D eigenvalue weighted by molar-refractivity contribution is 7.92. The van der Waals surface area contributed by atoms with Crippen molar-refractivity contribution in [2.24, 2.45) is 5.73 Å². The first-order valence-corrected chi connectivity index (χ1v) is 8.90. The molecular formula is C14H18N2O3S2. The molecule has 1 saturated heterocycles. The van der Waals surface area contributed by atoms with E-state index in [1.807, 2.05) is 6.07 Å². The molecule has 1 aliphatic rings. The molecular weight excluding hydrogens is 308 g/mol. The number of carbonyl (C=O) groups is 1. The highest BCUT2D eigenvalue weighted by Crippen LogP contribution is 2.19. The monoisotopic (exact) mass is 326 g/mol. The van der Waals surface area contributed by atoms with Gasteiger partial charge >= 0.3 is 0 Å². The van der Waals surface area contributed by atoms with E-state index in [4.69, 9.17) is 18.0 Å². The van der Waals surface area contributed by atoms with Gasteiger partial charge in [-0.25, -0.2) is 8.42 Å². The Hall–Kier alpha value is -1.47. The molecule has 3 N–H and O–H groups in total. The molecule has 0 saturated carbocycles. The first kappa shape index (κ1) is 15.9. The van der Waals surface area contributed by atoms with Crippen LogP contribution in [0.1, 0.15) is 30.4 Å². The van der Waals surface area contributed by atoms with Crippen LogP contribution in [0.15, 0.2) is 24.3 Å². The largest absolute Gasteiger partial charge is 0.389 e. The van der Waals surface area contributed by atoms with Crippen molar-refractivity contribution in [3.8, 4) is 0 Å². The predicted molar refractivity (Wildman–Crippen MR) is 85.6 cm³/mol. The molecule has 1 atom stereocenters. The summed E-state index contributed by atoms with van der Waals surface area (Å²) in [7, 11) is -3.30. The number of hydrogen-bond acceptors (Lipinski definition) is 4. The van der Waals surface area contributed by atoms with Crippen molar-refractivity contribution in [3.05, 3.63) is 35.4 Å². The van der Waals surface area contributed by atoms with Crippen molar-refractivity contribution in [2.45, 2.75) is 31.1 Å². The molecule has 2 rings (SSSR count). The Morgan fingerprint density at radius 3 is 2.81 bits per heavy atom. The van der Waals surface area contributed by atoms with Crippen LogP contribution >= 0.6 is 12.2 Å². The predicted octanol–water partition coefficient (Wildman–Crippen LogP) is 0.904. The van der Waals surface area contributed by atoms with Crippen molar-refractivity contribution >= 4 is 33.0 Å². The summed E-state index contributed by atoms with van der Waals surface area (Å²) in [6.07, 6.45) is 1.82. The van der Waals surface area contributed by atoms with Crippen molar-refractivity contribution in [3.63, 3.8) is 0 Å². The van der Waals surface area contributed by atoms with Gasteiger partial charge in [-0.15, -0.1) is 0 Å². The van der Waals surface area contributed by atoms with Crippen LogP contribution in [-0.2, 0) is 21.2 Å². The van der Waals surface area contributed by atoms with Gasteiger partial charge in [-0.2, -0.15) is 0 Å². The summed E-state index contributed by atoms with van der Waals surface area (Å²) in [5.41, 5.74) is 7.12. The lowest BCUT2D eigenvalue weighted by Crippen LogP contribution is -2.42. The highest BCUT2D eigenvalue weighted by atomic mass is 32.2. The summed E-state index contributed by atoms with van der Waals surface area (Å²) in [5, 5.41) is 1.78. The number of nitrogens with one attached hydrogen (secondary N) is 1. The van der Waals surface area contributed by atoms with E-state index in [1.54, 1.807) is 18.2 Å². The molecule has 1 heterocycles. The van der Waals surface area contributed by atoms with Crippen LogP contribution in [0.4, 0.5) is 0 Å². The van der Waals surface area contributed by atoms with Crippen LogP contribution in [0.3, 0.4) is 0 Å². The summed E-state index contributed by atoms with van der Waals surface area (Å²) in [6.45, 7) is 0.265. The van der Waals surface area contributed by atoms with Gasteiger partial charge in [0.15, 0.2) is 9.84 Å². The molecule has 0 bridgehead atoms. The maximum atomic E-state index is 12.1. The number of amides is 1. The van der Waals surface area contributed by atoms with E-state index >= 15 is 0 Å². The van der Waals surface area contributed by atoms with Gasteiger partial charge in [0, 0.05) is 12.1 Å². The average molecular weight is 326 g/mol. The Morgan fingerprint density at radius 2 is 2.14 bits per heavy atom. The van der Waals surface area contributed by atoms with Crippen molar-refractivity contribution in [2.75, 3.05) is 5.75 Å². The zero-order chi connectivity index (χ0) is 15.5. The molecule has 1 aromatic carbocycles. The number of nitrogens with two attached hydrogens (primary N) is 1. The lowest BCUT2D eigenvalue weighted by atomic mass is 10.1. The fourth-order valence-electron chi connectivity index (χ4n) is 2.39. The van der Waals surface area contributed by atoms with Crippen LogP contribution < -0.4 is 11.1 Å². The molecule has 114 valence electrons. The third-order valence-corrected chi connectivity index (χ3v) is 5.96. The molecule has 21 heavy (non-hydrogen) atoms. The van der Waals surface area contributed by atoms with Gasteiger partial charge in [0.2, 0.25) is 5.91 Å². The molecule has 0 aromatic heterocycles. The Balaban J connectivity index is 2.01. The average Bonchev–Trinajstić information content (AvgIpc) is 2.44. The SMILES string of the molecule is NC(=S)c1cccc(CNC(=O)C2CCCCS2(=O)=O)c1. The van der Waals surface area contributed by atoms with E-state index in [2.05, 4.69) is 5.32 Å². The minimum absolute atomic E-state index is 0.0992. The zero-order valence-corrected chi connectivity index (χ0v) is 13.2. The second-order valence-corrected chi connectivity index (χ2v) is 7.88. The van der Waals surface area contributed by atoms with Gasteiger partial charge in [-0.05, 0) is 24.5 Å². The molecule has 0 spiro atoms. The van der Waals surface area contributed by atoms with Crippen LogP contribution in [0.5, 0.6) is 0 Å². The number of benzene rings is 1. The lowest BCUT2D eigenvalue weighted by molar-refractivity contribution is -0.121. The lowest BCUT2D eigenvalue weighted by Gasteiger charge is -2.21. The summed E-state index contributed by atoms with van der Waals surface area (Å²) < 4.78 is 23.8. The fourth-order valence-corrected chi connectivity index (χ4v) is 4.34.